The third kappa shape index (κ3) is 10.0. The summed E-state index contributed by atoms with van der Waals surface area (Å²) >= 11 is 5.99. The van der Waals surface area contributed by atoms with Crippen molar-refractivity contribution in [3.63, 3.8) is 0 Å². The van der Waals surface area contributed by atoms with Crippen LogP contribution >= 0.6 is 45.8 Å². The average molecular weight is 888 g/mol. The summed E-state index contributed by atoms with van der Waals surface area (Å²) in [5, 5.41) is 9.43. The Morgan fingerprint density at radius 1 is 0.610 bits per heavy atom. The van der Waals surface area contributed by atoms with Crippen LogP contribution in [0.2, 0.25) is 0 Å². The number of fused-ring (bicyclic) bond motifs is 6. The van der Waals surface area contributed by atoms with Crippen molar-refractivity contribution in [3.8, 4) is 6.07 Å². The predicted octanol–water partition coefficient (Wildman–Crippen LogP) is 11.5. The number of rotatable bonds is 2. The molecule has 0 bridgehead atoms. The first-order valence-corrected chi connectivity index (χ1v) is 26.2. The van der Waals surface area contributed by atoms with Crippen LogP contribution in [0.5, 0.6) is 0 Å². The number of nitrogens with zero attached hydrogens (tertiary/aromatic N) is 7. The topological polar surface area (TPSA) is 135 Å². The summed E-state index contributed by atoms with van der Waals surface area (Å²) in [4.78, 5) is 30.2. The third-order valence-corrected chi connectivity index (χ3v) is 17.9. The van der Waals surface area contributed by atoms with E-state index in [1.165, 1.54) is 69.8 Å². The van der Waals surface area contributed by atoms with Gasteiger partial charge in [0.05, 0.1) is 0 Å². The predicted molar refractivity (Wildman–Crippen MR) is 247 cm³/mol. The van der Waals surface area contributed by atoms with Crippen molar-refractivity contribution >= 4 is 86.7 Å². The van der Waals surface area contributed by atoms with Gasteiger partial charge in [-0.25, -0.2) is 38.3 Å². The van der Waals surface area contributed by atoms with Crippen LogP contribution in [0.3, 0.4) is 0 Å². The number of nitriles is 1. The highest BCUT2D eigenvalue weighted by atomic mass is 32.2. The lowest BCUT2D eigenvalue weighted by Crippen LogP contribution is -2.27. The number of thiazole rings is 3. The Labute approximate surface area is 366 Å². The maximum Gasteiger partial charge on any atom is 0.211 e. The Balaban J connectivity index is 0.000000134. The Morgan fingerprint density at radius 2 is 1.00 bits per heavy atom. The van der Waals surface area contributed by atoms with Crippen molar-refractivity contribution in [3.05, 3.63) is 57.0 Å². The van der Waals surface area contributed by atoms with Gasteiger partial charge in [-0.2, -0.15) is 5.26 Å². The molecule has 3 aliphatic rings. The number of hydrogen-bond donors (Lipinski definition) is 0. The highest BCUT2D eigenvalue weighted by molar-refractivity contribution is 8.00. The number of thioether (sulfide) groups is 1. The highest BCUT2D eigenvalue weighted by Crippen LogP contribution is 2.41. The Morgan fingerprint density at radius 3 is 1.39 bits per heavy atom. The monoisotopic (exact) mass is 887 g/mol. The first-order chi connectivity index (χ1) is 27.6. The molecule has 0 aromatic carbocycles. The summed E-state index contributed by atoms with van der Waals surface area (Å²) < 4.78 is 24.5. The van der Waals surface area contributed by atoms with Gasteiger partial charge in [0.25, 0.3) is 0 Å². The number of sulfone groups is 1. The molecule has 59 heavy (non-hydrogen) atoms. The number of hydrogen-bond acceptors (Lipinski definition) is 13. The SMILES string of the molecule is CC(C)(C)C1CCc2nc3sc(C#N)nc3cc2C1.CC(C)(C)C1CCc2nc3sc(S(C)(=O)=O)nc3cc2C1.CSc1nc2cc3c(nc2s1)CCC(C(C)(C)C)C3. The van der Waals surface area contributed by atoms with Crippen molar-refractivity contribution in [2.24, 2.45) is 34.0 Å². The molecular weight excluding hydrogens is 831 g/mol. The van der Waals surface area contributed by atoms with E-state index in [1.807, 2.05) is 6.07 Å². The standard InChI is InChI=1S/C15H17N3S.C15H20N2O2S2.C15H20N2S2/c1-15(2,3)10-4-5-11-9(6-10)7-12-14(18-11)19-13(8-16)17-12;1-15(2,3)10-5-6-11-9(7-10)8-12-13(16-11)20-14(17-12)21(4,18)19;1-15(2,3)10-5-6-11-9(7-10)8-12-13(16-11)19-14(17-12)18-4/h7,10H,4-6H2,1-3H3;8,10H,5-7H2,1-4H3;8,10H,5-7H2,1-4H3. The summed E-state index contributed by atoms with van der Waals surface area (Å²) in [5.74, 6) is 2.10. The highest BCUT2D eigenvalue weighted by Gasteiger charge is 2.32. The van der Waals surface area contributed by atoms with E-state index in [1.54, 1.807) is 23.1 Å². The Hall–Kier alpha value is -3.09. The molecule has 0 fully saturated rings. The molecule has 0 amide bonds. The molecule has 9 nitrogen and oxygen atoms in total. The first-order valence-electron chi connectivity index (χ1n) is 20.6. The van der Waals surface area contributed by atoms with Crippen molar-refractivity contribution in [1.29, 1.82) is 5.26 Å². The molecule has 3 atom stereocenters. The van der Waals surface area contributed by atoms with Gasteiger partial charge in [0, 0.05) is 23.3 Å². The number of aryl methyl sites for hydroxylation is 3. The lowest BCUT2D eigenvalue weighted by atomic mass is 9.71. The van der Waals surface area contributed by atoms with Gasteiger partial charge in [-0.3, -0.25) is 0 Å². The smallest absolute Gasteiger partial charge is 0.211 e. The van der Waals surface area contributed by atoms with E-state index in [4.69, 9.17) is 15.2 Å². The number of aromatic nitrogens is 6. The number of pyridine rings is 3. The fraction of sp³-hybridized carbons (Fsp3) is 0.578. The van der Waals surface area contributed by atoms with E-state index in [2.05, 4.69) is 107 Å². The Kier molecular flexibility index (Phi) is 12.4. The zero-order chi connectivity index (χ0) is 42.7. The molecule has 314 valence electrons. The molecule has 0 saturated heterocycles. The van der Waals surface area contributed by atoms with E-state index in [-0.39, 0.29) is 9.75 Å². The van der Waals surface area contributed by atoms with E-state index < -0.39 is 9.84 Å². The van der Waals surface area contributed by atoms with Crippen molar-refractivity contribution in [2.75, 3.05) is 12.5 Å². The van der Waals surface area contributed by atoms with Crippen LogP contribution < -0.4 is 0 Å². The van der Waals surface area contributed by atoms with Crippen LogP contribution in [0.25, 0.3) is 31.0 Å². The first kappa shape index (κ1) is 44.0. The van der Waals surface area contributed by atoms with Gasteiger partial charge in [0.1, 0.15) is 37.1 Å². The van der Waals surface area contributed by atoms with Crippen LogP contribution in [0.1, 0.15) is 120 Å². The van der Waals surface area contributed by atoms with Gasteiger partial charge in [-0.15, -0.1) is 0 Å². The molecule has 6 aromatic heterocycles. The van der Waals surface area contributed by atoms with Crippen molar-refractivity contribution in [1.82, 2.24) is 29.9 Å². The summed E-state index contributed by atoms with van der Waals surface area (Å²) in [5.41, 5.74) is 11.3. The molecule has 0 radical (unpaired) electrons. The molecule has 14 heteroatoms. The van der Waals surface area contributed by atoms with Gasteiger partial charge in [0.2, 0.25) is 14.2 Å². The summed E-state index contributed by atoms with van der Waals surface area (Å²) in [7, 11) is -3.25. The van der Waals surface area contributed by atoms with Gasteiger partial charge in [0.15, 0.2) is 9.35 Å². The van der Waals surface area contributed by atoms with Crippen molar-refractivity contribution < 1.29 is 8.42 Å². The normalized spacial score (nSPS) is 19.5. The summed E-state index contributed by atoms with van der Waals surface area (Å²) in [6, 6.07) is 8.58. The molecule has 0 aliphatic heterocycles. The minimum absolute atomic E-state index is 0.166. The van der Waals surface area contributed by atoms with Crippen LogP contribution in [0.4, 0.5) is 0 Å². The quantitative estimate of drug-likeness (QED) is 0.155. The van der Waals surface area contributed by atoms with Crippen LogP contribution in [-0.2, 0) is 48.4 Å². The van der Waals surface area contributed by atoms with Gasteiger partial charge < -0.3 is 0 Å². The van der Waals surface area contributed by atoms with Gasteiger partial charge >= 0.3 is 0 Å². The second kappa shape index (κ2) is 16.6. The van der Waals surface area contributed by atoms with Gasteiger partial charge in [-0.1, -0.05) is 108 Å². The molecule has 0 saturated carbocycles. The summed E-state index contributed by atoms with van der Waals surface area (Å²) in [6.45, 7) is 20.8. The minimum atomic E-state index is -3.25. The van der Waals surface area contributed by atoms with Gasteiger partial charge in [-0.05, 0) is 133 Å². The van der Waals surface area contributed by atoms with Crippen molar-refractivity contribution in [2.45, 2.75) is 129 Å². The second-order valence-corrected chi connectivity index (χ2v) is 25.9. The average Bonchev–Trinajstić information content (AvgIpc) is 3.89. The maximum atomic E-state index is 11.6. The second-order valence-electron chi connectivity index (χ2n) is 19.7. The fourth-order valence-corrected chi connectivity index (χ4v) is 12.5. The largest absolute Gasteiger partial charge is 0.240 e. The zero-order valence-corrected chi connectivity index (χ0v) is 40.4. The Bertz CT molecular complexity index is 2670. The van der Waals surface area contributed by atoms with Crippen LogP contribution in [0, 0.1) is 45.3 Å². The lowest BCUT2D eigenvalue weighted by Gasteiger charge is -2.34. The zero-order valence-electron chi connectivity index (χ0n) is 36.3. The molecule has 9 rings (SSSR count). The van der Waals surface area contributed by atoms with Crippen LogP contribution in [-0.4, -0.2) is 50.8 Å². The summed E-state index contributed by atoms with van der Waals surface area (Å²) in [6.07, 6.45) is 13.3. The third-order valence-electron chi connectivity index (χ3n) is 12.5. The van der Waals surface area contributed by atoms with E-state index in [0.29, 0.717) is 33.2 Å². The molecule has 6 heterocycles. The molecule has 3 unspecified atom stereocenters. The molecule has 6 aromatic rings. The van der Waals surface area contributed by atoms with E-state index in [0.717, 1.165) is 86.4 Å². The lowest BCUT2D eigenvalue weighted by molar-refractivity contribution is 0.215. The molecule has 0 spiro atoms. The van der Waals surface area contributed by atoms with E-state index >= 15 is 0 Å². The van der Waals surface area contributed by atoms with Crippen LogP contribution in [0.15, 0.2) is 26.9 Å². The fourth-order valence-electron chi connectivity index (χ4n) is 8.51. The molecule has 3 aliphatic carbocycles. The maximum absolute atomic E-state index is 11.6. The molecule has 0 N–H and O–H groups in total. The van der Waals surface area contributed by atoms with E-state index in [9.17, 15) is 8.42 Å². The minimum Gasteiger partial charge on any atom is -0.240 e. The molecular formula is C45H57N7O2S5.